The molecule has 2 aliphatic rings. The molecule has 1 atom stereocenters. The van der Waals surface area contributed by atoms with E-state index >= 15 is 0 Å². The molecular formula is C17H19N3O3S. The van der Waals surface area contributed by atoms with Crippen LogP contribution in [-0.4, -0.2) is 25.6 Å². The molecule has 7 heteroatoms. The van der Waals surface area contributed by atoms with E-state index in [0.717, 1.165) is 35.1 Å². The van der Waals surface area contributed by atoms with E-state index in [4.69, 9.17) is 10.6 Å². The number of nitrogens with two attached hydrogens (primary N) is 1. The Morgan fingerprint density at radius 2 is 2.00 bits per heavy atom. The SMILES string of the molecule is NCc1cccc(ON2C3CCCN3c3ccccc3S2(=O)=O)c1. The number of benzene rings is 2. The fourth-order valence-corrected chi connectivity index (χ4v) is 4.98. The Morgan fingerprint density at radius 1 is 1.17 bits per heavy atom. The van der Waals surface area contributed by atoms with Gasteiger partial charge in [0.05, 0.1) is 5.69 Å². The monoisotopic (exact) mass is 345 g/mol. The van der Waals surface area contributed by atoms with Crippen molar-refractivity contribution >= 4 is 15.7 Å². The molecule has 1 saturated heterocycles. The Balaban J connectivity index is 1.77. The maximum atomic E-state index is 13.1. The van der Waals surface area contributed by atoms with Gasteiger partial charge in [-0.15, -0.1) is 0 Å². The minimum Gasteiger partial charge on any atom is -0.389 e. The van der Waals surface area contributed by atoms with Gasteiger partial charge in [0, 0.05) is 13.1 Å². The van der Waals surface area contributed by atoms with Crippen molar-refractivity contribution < 1.29 is 13.3 Å². The van der Waals surface area contributed by atoms with Crippen molar-refractivity contribution in [3.63, 3.8) is 0 Å². The van der Waals surface area contributed by atoms with E-state index in [1.165, 1.54) is 0 Å². The van der Waals surface area contributed by atoms with Crippen molar-refractivity contribution in [2.75, 3.05) is 11.4 Å². The van der Waals surface area contributed by atoms with Crippen LogP contribution < -0.4 is 15.5 Å². The van der Waals surface area contributed by atoms with Crippen LogP contribution in [0.2, 0.25) is 0 Å². The minimum absolute atomic E-state index is 0.290. The molecule has 126 valence electrons. The second-order valence-corrected chi connectivity index (χ2v) is 7.74. The summed E-state index contributed by atoms with van der Waals surface area (Å²) in [7, 11) is -3.72. The Morgan fingerprint density at radius 3 is 2.83 bits per heavy atom. The molecule has 4 rings (SSSR count). The van der Waals surface area contributed by atoms with Gasteiger partial charge >= 0.3 is 0 Å². The van der Waals surface area contributed by atoms with Crippen molar-refractivity contribution in [2.45, 2.75) is 30.4 Å². The Kier molecular flexibility index (Phi) is 3.71. The Bertz CT molecular complexity index is 869. The molecule has 24 heavy (non-hydrogen) atoms. The molecule has 0 amide bonds. The molecule has 2 aromatic carbocycles. The first-order valence-electron chi connectivity index (χ1n) is 7.98. The Labute approximate surface area is 141 Å². The highest BCUT2D eigenvalue weighted by molar-refractivity contribution is 7.89. The molecule has 0 spiro atoms. The quantitative estimate of drug-likeness (QED) is 0.922. The van der Waals surface area contributed by atoms with Gasteiger partial charge in [0.1, 0.15) is 16.8 Å². The van der Waals surface area contributed by atoms with Crippen LogP contribution in [0.25, 0.3) is 0 Å². The van der Waals surface area contributed by atoms with Crippen molar-refractivity contribution in [2.24, 2.45) is 5.73 Å². The molecule has 0 bridgehead atoms. The maximum absolute atomic E-state index is 13.1. The summed E-state index contributed by atoms with van der Waals surface area (Å²) < 4.78 is 27.3. The van der Waals surface area contributed by atoms with Crippen LogP contribution in [0, 0.1) is 0 Å². The largest absolute Gasteiger partial charge is 0.389 e. The number of anilines is 1. The average molecular weight is 345 g/mol. The third-order valence-electron chi connectivity index (χ3n) is 4.48. The lowest BCUT2D eigenvalue weighted by Gasteiger charge is -2.39. The lowest BCUT2D eigenvalue weighted by molar-refractivity contribution is -0.00379. The second-order valence-electron chi connectivity index (χ2n) is 5.99. The van der Waals surface area contributed by atoms with Gasteiger partial charge in [0.2, 0.25) is 0 Å². The van der Waals surface area contributed by atoms with Crippen LogP contribution in [-0.2, 0) is 16.6 Å². The number of nitrogens with zero attached hydrogens (tertiary/aromatic N) is 2. The zero-order valence-electron chi connectivity index (χ0n) is 13.1. The second kappa shape index (κ2) is 5.77. The van der Waals surface area contributed by atoms with Crippen LogP contribution in [0.15, 0.2) is 53.4 Å². The maximum Gasteiger partial charge on any atom is 0.278 e. The molecular weight excluding hydrogens is 326 g/mol. The molecule has 2 aliphatic heterocycles. The van der Waals surface area contributed by atoms with Gasteiger partial charge in [-0.3, -0.25) is 0 Å². The zero-order valence-corrected chi connectivity index (χ0v) is 13.9. The van der Waals surface area contributed by atoms with E-state index in [-0.39, 0.29) is 11.1 Å². The van der Waals surface area contributed by atoms with E-state index in [0.29, 0.717) is 12.3 Å². The summed E-state index contributed by atoms with van der Waals surface area (Å²) in [5.74, 6) is 0.479. The fourth-order valence-electron chi connectivity index (χ4n) is 3.36. The molecule has 0 aliphatic carbocycles. The van der Waals surface area contributed by atoms with Crippen LogP contribution in [0.5, 0.6) is 5.75 Å². The number of hydrogen-bond acceptors (Lipinski definition) is 5. The van der Waals surface area contributed by atoms with Crippen molar-refractivity contribution in [3.8, 4) is 5.75 Å². The molecule has 0 radical (unpaired) electrons. The lowest BCUT2D eigenvalue weighted by Crippen LogP contribution is -2.53. The van der Waals surface area contributed by atoms with Crippen LogP contribution in [0.1, 0.15) is 18.4 Å². The van der Waals surface area contributed by atoms with Crippen molar-refractivity contribution in [1.29, 1.82) is 0 Å². The van der Waals surface area contributed by atoms with E-state index in [1.807, 2.05) is 24.3 Å². The predicted octanol–water partition coefficient (Wildman–Crippen LogP) is 2.07. The number of rotatable bonds is 3. The summed E-state index contributed by atoms with van der Waals surface area (Å²) >= 11 is 0. The van der Waals surface area contributed by atoms with Gasteiger partial charge in [-0.1, -0.05) is 24.3 Å². The summed E-state index contributed by atoms with van der Waals surface area (Å²) in [6, 6.07) is 14.3. The van der Waals surface area contributed by atoms with Gasteiger partial charge < -0.3 is 15.5 Å². The molecule has 2 heterocycles. The molecule has 6 nitrogen and oxygen atoms in total. The topological polar surface area (TPSA) is 75.9 Å². The molecule has 1 fully saturated rings. The first-order valence-corrected chi connectivity index (χ1v) is 9.42. The third-order valence-corrected chi connectivity index (χ3v) is 6.18. The van der Waals surface area contributed by atoms with Crippen LogP contribution in [0.3, 0.4) is 0 Å². The lowest BCUT2D eigenvalue weighted by atomic mass is 10.2. The molecule has 2 aromatic rings. The van der Waals surface area contributed by atoms with Gasteiger partial charge in [-0.25, -0.2) is 8.42 Å². The smallest absolute Gasteiger partial charge is 0.278 e. The van der Waals surface area contributed by atoms with E-state index < -0.39 is 10.0 Å². The minimum atomic E-state index is -3.72. The normalized spacial score (nSPS) is 22.0. The molecule has 0 aromatic heterocycles. The summed E-state index contributed by atoms with van der Waals surface area (Å²) in [5.41, 5.74) is 7.31. The van der Waals surface area contributed by atoms with Gasteiger partial charge in [-0.05, 0) is 47.1 Å². The highest BCUT2D eigenvalue weighted by Crippen LogP contribution is 2.40. The average Bonchev–Trinajstić information content (AvgIpc) is 3.08. The standard InChI is InChI=1S/C17H19N3O3S/c18-12-13-5-3-6-14(11-13)23-20-17-9-4-10-19(17)15-7-1-2-8-16(15)24(20,21)22/h1-3,5-8,11,17H,4,9-10,12,18H2. The van der Waals surface area contributed by atoms with Crippen molar-refractivity contribution in [1.82, 2.24) is 4.47 Å². The first kappa shape index (κ1) is 15.4. The van der Waals surface area contributed by atoms with Crippen molar-refractivity contribution in [3.05, 3.63) is 54.1 Å². The number of fused-ring (bicyclic) bond motifs is 3. The number of hydrogen-bond donors (Lipinski definition) is 1. The summed E-state index contributed by atoms with van der Waals surface area (Å²) in [6.07, 6.45) is 1.35. The fraction of sp³-hybridized carbons (Fsp3) is 0.294. The summed E-state index contributed by atoms with van der Waals surface area (Å²) in [5, 5.41) is 0. The van der Waals surface area contributed by atoms with E-state index in [2.05, 4.69) is 4.90 Å². The molecule has 2 N–H and O–H groups in total. The number of sulfonamides is 1. The Hall–Kier alpha value is -2.09. The highest BCUT2D eigenvalue weighted by atomic mass is 32.2. The number of para-hydroxylation sites is 1. The van der Waals surface area contributed by atoms with Gasteiger partial charge in [0.15, 0.2) is 0 Å². The summed E-state index contributed by atoms with van der Waals surface area (Å²) in [4.78, 5) is 8.22. The summed E-state index contributed by atoms with van der Waals surface area (Å²) in [6.45, 7) is 1.20. The van der Waals surface area contributed by atoms with Gasteiger partial charge in [0.25, 0.3) is 10.0 Å². The van der Waals surface area contributed by atoms with Gasteiger partial charge in [-0.2, -0.15) is 0 Å². The van der Waals surface area contributed by atoms with E-state index in [1.54, 1.807) is 24.3 Å². The van der Waals surface area contributed by atoms with Crippen LogP contribution >= 0.6 is 0 Å². The number of hydroxylamine groups is 1. The highest BCUT2D eigenvalue weighted by Gasteiger charge is 2.46. The zero-order chi connectivity index (χ0) is 16.7. The van der Waals surface area contributed by atoms with E-state index in [9.17, 15) is 8.42 Å². The molecule has 1 unspecified atom stereocenters. The first-order chi connectivity index (χ1) is 11.6. The molecule has 0 saturated carbocycles. The van der Waals surface area contributed by atoms with Crippen LogP contribution in [0.4, 0.5) is 5.69 Å². The predicted molar refractivity (Wildman–Crippen MR) is 90.8 cm³/mol. The third kappa shape index (κ3) is 2.36.